The van der Waals surface area contributed by atoms with Crippen molar-refractivity contribution in [3.63, 3.8) is 0 Å². The Morgan fingerprint density at radius 1 is 1.35 bits per heavy atom. The van der Waals surface area contributed by atoms with Gasteiger partial charge in [0.05, 0.1) is 18.2 Å². The summed E-state index contributed by atoms with van der Waals surface area (Å²) >= 11 is 5.57. The number of hydrogen-bond acceptors (Lipinski definition) is 6. The lowest BCUT2D eigenvalue weighted by Crippen LogP contribution is -2.40. The molecule has 0 aromatic carbocycles. The van der Waals surface area contributed by atoms with Gasteiger partial charge in [-0.05, 0) is 36.7 Å². The van der Waals surface area contributed by atoms with E-state index in [4.69, 9.17) is 17.3 Å². The van der Waals surface area contributed by atoms with Crippen LogP contribution in [0, 0.1) is 10.7 Å². The Labute approximate surface area is 159 Å². The minimum atomic E-state index is -2.93. The molecule has 1 saturated heterocycles. The summed E-state index contributed by atoms with van der Waals surface area (Å²) in [5.41, 5.74) is 0.950. The van der Waals surface area contributed by atoms with Crippen LogP contribution in [0.2, 0.25) is 0 Å². The highest BCUT2D eigenvalue weighted by Gasteiger charge is 2.33. The quantitative estimate of drug-likeness (QED) is 0.698. The van der Waals surface area contributed by atoms with Crippen molar-refractivity contribution in [2.75, 3.05) is 18.1 Å². The normalized spacial score (nSPS) is 19.5. The maximum absolute atomic E-state index is 11.9. The maximum atomic E-state index is 11.9. The van der Waals surface area contributed by atoms with Gasteiger partial charge in [-0.15, -0.1) is 0 Å². The standard InChI is InChI=1S/C17H25N5O2S2/c1-13(2)10-21(15-6-9-26(23,24)11-15)12-22-17(25)20(3)16(19-22)14-4-7-18-8-5-14/h4-5,7-8,13,15H,6,9-12H2,1-3H3/t15-/m0/s1. The SMILES string of the molecule is CC(C)CN(Cn1nc(-c2ccncc2)n(C)c1=S)[C@H]1CCS(=O)(=O)C1. The van der Waals surface area contributed by atoms with Crippen LogP contribution in [-0.2, 0) is 23.6 Å². The summed E-state index contributed by atoms with van der Waals surface area (Å²) in [7, 11) is -1.04. The highest BCUT2D eigenvalue weighted by atomic mass is 32.2. The van der Waals surface area contributed by atoms with Crippen LogP contribution in [-0.4, -0.2) is 56.7 Å². The van der Waals surface area contributed by atoms with E-state index in [1.165, 1.54) is 0 Å². The predicted molar refractivity (Wildman–Crippen MR) is 104 cm³/mol. The van der Waals surface area contributed by atoms with Crippen LogP contribution in [0.4, 0.5) is 0 Å². The van der Waals surface area contributed by atoms with Gasteiger partial charge < -0.3 is 4.57 Å². The van der Waals surface area contributed by atoms with Gasteiger partial charge in [0.1, 0.15) is 0 Å². The minimum Gasteiger partial charge on any atom is -0.303 e. The molecule has 0 spiro atoms. The van der Waals surface area contributed by atoms with Crippen LogP contribution in [0.1, 0.15) is 20.3 Å². The summed E-state index contributed by atoms with van der Waals surface area (Å²) in [6, 6.07) is 3.82. The van der Waals surface area contributed by atoms with Crippen LogP contribution in [0.25, 0.3) is 11.4 Å². The molecule has 3 heterocycles. The van der Waals surface area contributed by atoms with Gasteiger partial charge in [-0.1, -0.05) is 13.8 Å². The molecule has 0 aliphatic carbocycles. The summed E-state index contributed by atoms with van der Waals surface area (Å²) in [5.74, 6) is 1.69. The molecule has 1 aliphatic rings. The average molecular weight is 396 g/mol. The number of sulfone groups is 1. The summed E-state index contributed by atoms with van der Waals surface area (Å²) < 4.78 is 28.1. The molecule has 0 bridgehead atoms. The van der Waals surface area contributed by atoms with Crippen LogP contribution in [0.5, 0.6) is 0 Å². The molecule has 142 valence electrons. The van der Waals surface area contributed by atoms with Gasteiger partial charge in [-0.3, -0.25) is 9.88 Å². The van der Waals surface area contributed by atoms with Crippen molar-refractivity contribution in [3.05, 3.63) is 29.3 Å². The van der Waals surface area contributed by atoms with Crippen molar-refractivity contribution in [2.24, 2.45) is 13.0 Å². The monoisotopic (exact) mass is 395 g/mol. The molecular formula is C17H25N5O2S2. The topological polar surface area (TPSA) is 73.0 Å². The molecule has 2 aromatic heterocycles. The zero-order chi connectivity index (χ0) is 18.9. The molecule has 0 radical (unpaired) electrons. The van der Waals surface area contributed by atoms with E-state index in [1.807, 2.05) is 23.7 Å². The van der Waals surface area contributed by atoms with Crippen molar-refractivity contribution in [1.29, 1.82) is 0 Å². The van der Waals surface area contributed by atoms with Gasteiger partial charge >= 0.3 is 0 Å². The molecule has 3 rings (SSSR count). The molecule has 1 atom stereocenters. The van der Waals surface area contributed by atoms with E-state index in [1.54, 1.807) is 17.1 Å². The number of hydrogen-bond donors (Lipinski definition) is 0. The Morgan fingerprint density at radius 2 is 2.04 bits per heavy atom. The van der Waals surface area contributed by atoms with E-state index in [0.717, 1.165) is 17.9 Å². The van der Waals surface area contributed by atoms with Crippen molar-refractivity contribution in [1.82, 2.24) is 24.2 Å². The molecule has 0 N–H and O–H groups in total. The Morgan fingerprint density at radius 3 is 2.62 bits per heavy atom. The van der Waals surface area contributed by atoms with Gasteiger partial charge in [-0.2, -0.15) is 5.10 Å². The fourth-order valence-electron chi connectivity index (χ4n) is 3.36. The second kappa shape index (κ2) is 7.58. The van der Waals surface area contributed by atoms with E-state index in [-0.39, 0.29) is 17.5 Å². The van der Waals surface area contributed by atoms with Gasteiger partial charge in [-0.25, -0.2) is 13.1 Å². The molecule has 1 fully saturated rings. The van der Waals surface area contributed by atoms with Crippen LogP contribution < -0.4 is 0 Å². The molecule has 7 nitrogen and oxygen atoms in total. The van der Waals surface area contributed by atoms with Gasteiger partial charge in [0.25, 0.3) is 0 Å². The maximum Gasteiger partial charge on any atom is 0.199 e. The van der Waals surface area contributed by atoms with Gasteiger partial charge in [0.2, 0.25) is 0 Å². The second-order valence-electron chi connectivity index (χ2n) is 7.26. The smallest absolute Gasteiger partial charge is 0.199 e. The van der Waals surface area contributed by atoms with E-state index >= 15 is 0 Å². The van der Waals surface area contributed by atoms with Crippen LogP contribution in [0.3, 0.4) is 0 Å². The molecule has 9 heteroatoms. The number of aromatic nitrogens is 4. The molecule has 0 amide bonds. The van der Waals surface area contributed by atoms with Gasteiger partial charge in [0.15, 0.2) is 20.4 Å². The van der Waals surface area contributed by atoms with Gasteiger partial charge in [0, 0.05) is 37.6 Å². The molecule has 0 saturated carbocycles. The van der Waals surface area contributed by atoms with Crippen molar-refractivity contribution >= 4 is 22.1 Å². The molecular weight excluding hydrogens is 370 g/mol. The predicted octanol–water partition coefficient (Wildman–Crippen LogP) is 2.12. The Kier molecular flexibility index (Phi) is 5.59. The Balaban J connectivity index is 1.89. The van der Waals surface area contributed by atoms with Crippen molar-refractivity contribution in [2.45, 2.75) is 33.0 Å². The highest BCUT2D eigenvalue weighted by Crippen LogP contribution is 2.21. The van der Waals surface area contributed by atoms with Crippen molar-refractivity contribution < 1.29 is 8.42 Å². The zero-order valence-corrected chi connectivity index (χ0v) is 17.0. The van der Waals surface area contributed by atoms with E-state index < -0.39 is 9.84 Å². The number of rotatable bonds is 6. The Bertz CT molecular complexity index is 918. The van der Waals surface area contributed by atoms with E-state index in [9.17, 15) is 8.42 Å². The van der Waals surface area contributed by atoms with E-state index in [0.29, 0.717) is 23.8 Å². The van der Waals surface area contributed by atoms with Crippen LogP contribution in [0.15, 0.2) is 24.5 Å². The molecule has 1 aliphatic heterocycles. The number of pyridine rings is 1. The third-order valence-corrected chi connectivity index (χ3v) is 6.85. The first-order chi connectivity index (χ1) is 12.3. The first-order valence-corrected chi connectivity index (χ1v) is 11.0. The first-order valence-electron chi connectivity index (χ1n) is 8.75. The molecule has 2 aromatic rings. The summed E-state index contributed by atoms with van der Waals surface area (Å²) in [5, 5.41) is 4.69. The lowest BCUT2D eigenvalue weighted by atomic mass is 10.1. The zero-order valence-electron chi connectivity index (χ0n) is 15.4. The largest absolute Gasteiger partial charge is 0.303 e. The van der Waals surface area contributed by atoms with Crippen molar-refractivity contribution in [3.8, 4) is 11.4 Å². The third-order valence-electron chi connectivity index (χ3n) is 4.62. The van der Waals surface area contributed by atoms with Crippen LogP contribution >= 0.6 is 12.2 Å². The summed E-state index contributed by atoms with van der Waals surface area (Å²) in [6.45, 7) is 5.58. The lowest BCUT2D eigenvalue weighted by molar-refractivity contribution is 0.137. The lowest BCUT2D eigenvalue weighted by Gasteiger charge is -2.29. The average Bonchev–Trinajstić information content (AvgIpc) is 3.09. The Hall–Kier alpha value is -1.58. The first kappa shape index (κ1) is 19.2. The fraction of sp³-hybridized carbons (Fsp3) is 0.588. The summed E-state index contributed by atoms with van der Waals surface area (Å²) in [4.78, 5) is 6.24. The second-order valence-corrected chi connectivity index (χ2v) is 9.86. The third kappa shape index (κ3) is 4.21. The highest BCUT2D eigenvalue weighted by molar-refractivity contribution is 7.91. The fourth-order valence-corrected chi connectivity index (χ4v) is 5.31. The minimum absolute atomic E-state index is 0.0238. The number of nitrogens with zero attached hydrogens (tertiary/aromatic N) is 5. The molecule has 0 unspecified atom stereocenters. The molecule has 26 heavy (non-hydrogen) atoms. The van der Waals surface area contributed by atoms with E-state index in [2.05, 4.69) is 23.7 Å². The summed E-state index contributed by atoms with van der Waals surface area (Å²) in [6.07, 6.45) is 4.13.